The van der Waals surface area contributed by atoms with Crippen molar-refractivity contribution >= 4 is 37.7 Å². The maximum Gasteiger partial charge on any atom is 5.00 e. The molecular formula is HCaFNaO2Ta+4. The minimum atomic E-state index is 0. The molecule has 0 fully saturated rings. The van der Waals surface area contributed by atoms with E-state index in [1.165, 1.54) is 0 Å². The minimum Gasteiger partial charge on any atom is -2.00 e. The van der Waals surface area contributed by atoms with E-state index in [-0.39, 0.29) is 105 Å². The molecule has 6 heavy (non-hydrogen) atoms. The molecule has 0 saturated carbocycles. The average molecular weight is 296 g/mol. The van der Waals surface area contributed by atoms with Crippen molar-refractivity contribution in [1.82, 2.24) is 0 Å². The molecule has 0 aromatic carbocycles. The molecule has 2 nitrogen and oxygen atoms in total. The van der Waals surface area contributed by atoms with Gasteiger partial charge in [0.2, 0.25) is 0 Å². The first-order valence-corrected chi connectivity index (χ1v) is 0. The van der Waals surface area contributed by atoms with E-state index in [0.29, 0.717) is 0 Å². The standard InChI is InChI=1S/Ca.FH.Na.H2O.O.Ta/h;1H;;1H2;;/q+2;;+1;;-2;+5/p-2. The van der Waals surface area contributed by atoms with Gasteiger partial charge in [0.15, 0.2) is 0 Å². The van der Waals surface area contributed by atoms with Gasteiger partial charge in [-0.1, -0.05) is 0 Å². The second-order valence-electron chi connectivity index (χ2n) is 0. The molecule has 0 bridgehead atoms. The van der Waals surface area contributed by atoms with Gasteiger partial charge in [-0.15, -0.1) is 0 Å². The van der Waals surface area contributed by atoms with Crippen molar-refractivity contribution in [1.29, 1.82) is 0 Å². The molecule has 0 saturated heterocycles. The number of halogens is 1. The van der Waals surface area contributed by atoms with Gasteiger partial charge in [-0.05, 0) is 0 Å². The van der Waals surface area contributed by atoms with Crippen LogP contribution in [0.5, 0.6) is 0 Å². The summed E-state index contributed by atoms with van der Waals surface area (Å²) in [6.45, 7) is 0. The molecule has 1 N–H and O–H groups in total. The van der Waals surface area contributed by atoms with Crippen LogP contribution in [-0.4, -0.2) is 43.2 Å². The largest absolute Gasteiger partial charge is 5.00 e. The van der Waals surface area contributed by atoms with Gasteiger partial charge in [-0.3, -0.25) is 0 Å². The summed E-state index contributed by atoms with van der Waals surface area (Å²) in [6, 6.07) is 0. The Kier molecular flexibility index (Phi) is 507. The second kappa shape index (κ2) is 45.3. The zero-order valence-electron chi connectivity index (χ0n) is 3.39. The van der Waals surface area contributed by atoms with Gasteiger partial charge in [0, 0.05) is 0 Å². The summed E-state index contributed by atoms with van der Waals surface area (Å²) in [6.07, 6.45) is 0. The van der Waals surface area contributed by atoms with E-state index in [9.17, 15) is 0 Å². The molecule has 0 aliphatic heterocycles. The van der Waals surface area contributed by atoms with Crippen molar-refractivity contribution in [3.63, 3.8) is 0 Å². The van der Waals surface area contributed by atoms with E-state index in [0.717, 1.165) is 0 Å². The van der Waals surface area contributed by atoms with Crippen molar-refractivity contribution in [2.45, 2.75) is 0 Å². The summed E-state index contributed by atoms with van der Waals surface area (Å²) in [5.41, 5.74) is 0. The molecule has 0 heterocycles. The van der Waals surface area contributed by atoms with Crippen LogP contribution in [0.2, 0.25) is 0 Å². The fourth-order valence-corrected chi connectivity index (χ4v) is 0. The first kappa shape index (κ1) is 67.1. The van der Waals surface area contributed by atoms with Gasteiger partial charge >= 0.3 is 89.7 Å². The van der Waals surface area contributed by atoms with Gasteiger partial charge in [-0.2, -0.15) is 0 Å². The van der Waals surface area contributed by atoms with Crippen LogP contribution in [0, 0.1) is 0 Å². The fraction of sp³-hybridized carbons (Fsp3) is 0. The predicted octanol–water partition coefficient (Wildman–Crippen LogP) is -6.67. The van der Waals surface area contributed by atoms with Crippen molar-refractivity contribution < 1.29 is 67.6 Å². The van der Waals surface area contributed by atoms with Gasteiger partial charge in [0.05, 0.1) is 0 Å². The van der Waals surface area contributed by atoms with Crippen molar-refractivity contribution in [2.24, 2.45) is 0 Å². The molecule has 0 spiro atoms. The van der Waals surface area contributed by atoms with Crippen LogP contribution < -0.4 is 34.3 Å². The normalized spacial score (nSPS) is 0. The van der Waals surface area contributed by atoms with Crippen molar-refractivity contribution in [3.8, 4) is 0 Å². The van der Waals surface area contributed by atoms with Crippen LogP contribution in [0.3, 0.4) is 0 Å². The molecule has 0 aliphatic rings. The smallest absolute Gasteiger partial charge is 2.00 e. The molecule has 0 aliphatic carbocycles. The fourth-order valence-electron chi connectivity index (χ4n) is 0. The van der Waals surface area contributed by atoms with Crippen LogP contribution in [0.1, 0.15) is 0 Å². The van der Waals surface area contributed by atoms with Crippen molar-refractivity contribution in [2.75, 3.05) is 0 Å². The van der Waals surface area contributed by atoms with Gasteiger partial charge in [0.25, 0.3) is 0 Å². The van der Waals surface area contributed by atoms with E-state index in [1.54, 1.807) is 0 Å². The Hall–Kier alpha value is 2.85. The molecular weight excluding hydrogens is 295 g/mol. The third-order valence-corrected chi connectivity index (χ3v) is 0. The predicted molar refractivity (Wildman–Crippen MR) is 8.38 cm³/mol. The molecule has 0 amide bonds. The summed E-state index contributed by atoms with van der Waals surface area (Å²) in [4.78, 5) is 0. The second-order valence-corrected chi connectivity index (χ2v) is 0. The monoisotopic (exact) mass is 296 g/mol. The van der Waals surface area contributed by atoms with Gasteiger partial charge in [0.1, 0.15) is 0 Å². The first-order valence-electron chi connectivity index (χ1n) is 0. The average Bonchev–Trinajstić information content (AvgIpc) is 0. The van der Waals surface area contributed by atoms with Crippen LogP contribution in [0.4, 0.5) is 0 Å². The summed E-state index contributed by atoms with van der Waals surface area (Å²) >= 11 is 0. The van der Waals surface area contributed by atoms with E-state index in [2.05, 4.69) is 0 Å². The Balaban J connectivity index is 0. The Morgan fingerprint density at radius 2 is 1.00 bits per heavy atom. The summed E-state index contributed by atoms with van der Waals surface area (Å²) in [7, 11) is 0. The topological polar surface area (TPSA) is 58.5 Å². The van der Waals surface area contributed by atoms with E-state index in [1.807, 2.05) is 0 Å². The van der Waals surface area contributed by atoms with Crippen LogP contribution >= 0.6 is 0 Å². The third kappa shape index (κ3) is 28.9. The molecule has 0 aromatic heterocycles. The third-order valence-electron chi connectivity index (χ3n) is 0. The Morgan fingerprint density at radius 3 is 1.00 bits per heavy atom. The molecule has 24 valence electrons. The Labute approximate surface area is 103 Å². The summed E-state index contributed by atoms with van der Waals surface area (Å²) in [5, 5.41) is 0. The molecule has 0 rings (SSSR count). The van der Waals surface area contributed by atoms with E-state index in [4.69, 9.17) is 0 Å². The zero-order chi connectivity index (χ0) is 0. The maximum atomic E-state index is 0. The Bertz CT molecular complexity index is 13.5. The van der Waals surface area contributed by atoms with Gasteiger partial charge in [-0.25, -0.2) is 0 Å². The number of hydrogen-bond donors (Lipinski definition) is 0. The van der Waals surface area contributed by atoms with Crippen LogP contribution in [0.25, 0.3) is 0 Å². The molecule has 0 aromatic rings. The van der Waals surface area contributed by atoms with E-state index < -0.39 is 0 Å². The molecule has 0 radical (unpaired) electrons. The molecule has 6 heteroatoms. The SMILES string of the molecule is [Ca+2].[F-].[Na+].[O-2].[OH-].[Ta+5]. The Morgan fingerprint density at radius 1 is 1.00 bits per heavy atom. The minimum absolute atomic E-state index is 0. The van der Waals surface area contributed by atoms with Gasteiger partial charge < -0.3 is 15.7 Å². The first-order chi connectivity index (χ1) is 0. The quantitative estimate of drug-likeness (QED) is 0.410. The van der Waals surface area contributed by atoms with E-state index >= 15 is 0 Å². The van der Waals surface area contributed by atoms with Crippen molar-refractivity contribution in [3.05, 3.63) is 0 Å². The zero-order valence-corrected chi connectivity index (χ0v) is 10.8. The molecule has 0 atom stereocenters. The van der Waals surface area contributed by atoms with Crippen LogP contribution in [-0.2, 0) is 27.9 Å². The van der Waals surface area contributed by atoms with Crippen LogP contribution in [0.15, 0.2) is 0 Å². The molecule has 0 unspecified atom stereocenters. The summed E-state index contributed by atoms with van der Waals surface area (Å²) in [5.74, 6) is 0. The maximum absolute atomic E-state index is 0. The summed E-state index contributed by atoms with van der Waals surface area (Å²) < 4.78 is 0. The number of hydrogen-bond acceptors (Lipinski definition) is 1. The number of rotatable bonds is 0.